The lowest BCUT2D eigenvalue weighted by Gasteiger charge is -2.26. The predicted molar refractivity (Wildman–Crippen MR) is 469 cm³/mol. The number of alkyl halides is 3. The molecule has 14 rings (SSSR count). The highest BCUT2D eigenvalue weighted by molar-refractivity contribution is 6.04. The van der Waals surface area contributed by atoms with Crippen molar-refractivity contribution in [1.29, 1.82) is 0 Å². The van der Waals surface area contributed by atoms with Gasteiger partial charge in [0.1, 0.15) is 40.2 Å². The molecule has 0 bridgehead atoms. The fourth-order valence-corrected chi connectivity index (χ4v) is 12.4. The molecule has 0 aliphatic heterocycles. The van der Waals surface area contributed by atoms with Gasteiger partial charge in [-0.05, 0) is 281 Å². The van der Waals surface area contributed by atoms with Crippen molar-refractivity contribution in [3.05, 3.63) is 427 Å². The largest absolute Gasteiger partial charge is 0.457 e. The second-order valence-corrected chi connectivity index (χ2v) is 30.0. The molecule has 14 aromatic rings. The van der Waals surface area contributed by atoms with E-state index in [0.717, 1.165) is 68.0 Å². The summed E-state index contributed by atoms with van der Waals surface area (Å²) in [6.45, 7) is 34.8. The molecule has 14 aromatic carbocycles. The lowest BCUT2D eigenvalue weighted by molar-refractivity contribution is -0.137. The molecule has 7 nitrogen and oxygen atoms in total. The monoisotopic (exact) mass is 1530 g/mol. The number of nitrogens with one attached hydrogen (secondary N) is 1. The molecule has 10 heteroatoms. The Kier molecular flexibility index (Phi) is 30.4. The Morgan fingerprint density at radius 1 is 0.261 bits per heavy atom. The number of esters is 1. The van der Waals surface area contributed by atoms with Crippen molar-refractivity contribution in [2.45, 2.75) is 129 Å². The van der Waals surface area contributed by atoms with E-state index in [4.69, 9.17) is 18.9 Å². The van der Waals surface area contributed by atoms with Gasteiger partial charge in [-0.1, -0.05) is 269 Å². The van der Waals surface area contributed by atoms with E-state index in [2.05, 4.69) is 159 Å². The second-order valence-electron chi connectivity index (χ2n) is 30.0. The highest BCUT2D eigenvalue weighted by Crippen LogP contribution is 2.40. The molecule has 0 spiro atoms. The number of hydrogen-bond donors (Lipinski definition) is 1. The minimum Gasteiger partial charge on any atom is -0.457 e. The number of carbonyl (C=O) groups is 2. The number of rotatable bonds is 14. The molecule has 0 saturated carbocycles. The quantitative estimate of drug-likeness (QED) is 0.0863. The predicted octanol–water partition coefficient (Wildman–Crippen LogP) is 29.3. The van der Waals surface area contributed by atoms with Gasteiger partial charge in [0.15, 0.2) is 0 Å². The zero-order valence-electron chi connectivity index (χ0n) is 69.1. The zero-order valence-corrected chi connectivity index (χ0v) is 69.1. The Balaban J connectivity index is 0.000000161. The highest BCUT2D eigenvalue weighted by Gasteiger charge is 2.34. The first kappa shape index (κ1) is 86.2. The molecule has 0 aliphatic carbocycles. The van der Waals surface area contributed by atoms with Crippen molar-refractivity contribution in [3.63, 3.8) is 0 Å². The molecule has 0 aromatic heterocycles. The van der Waals surface area contributed by atoms with E-state index in [1.807, 2.05) is 224 Å². The first-order chi connectivity index (χ1) is 54.8. The van der Waals surface area contributed by atoms with Gasteiger partial charge in [0.25, 0.3) is 5.91 Å². The zero-order chi connectivity index (χ0) is 82.9. The van der Waals surface area contributed by atoms with Crippen molar-refractivity contribution in [3.8, 4) is 62.5 Å². The summed E-state index contributed by atoms with van der Waals surface area (Å²) in [4.78, 5) is 23.7. The maximum absolute atomic E-state index is 13.1. The van der Waals surface area contributed by atoms with E-state index >= 15 is 0 Å². The van der Waals surface area contributed by atoms with Crippen LogP contribution < -0.4 is 24.3 Å². The topological polar surface area (TPSA) is 83.1 Å². The average molecular weight is 1530 g/mol. The van der Waals surface area contributed by atoms with Gasteiger partial charge in [-0.15, -0.1) is 0 Å². The third-order valence-electron chi connectivity index (χ3n) is 19.3. The summed E-state index contributed by atoms with van der Waals surface area (Å²) in [7, 11) is 0. The van der Waals surface area contributed by atoms with E-state index in [0.29, 0.717) is 28.0 Å². The molecule has 0 aliphatic rings. The van der Waals surface area contributed by atoms with Crippen molar-refractivity contribution in [2.24, 2.45) is 0 Å². The number of anilines is 1. The third-order valence-corrected chi connectivity index (χ3v) is 19.3. The van der Waals surface area contributed by atoms with Gasteiger partial charge in [0, 0.05) is 16.7 Å². The fraction of sp³-hybridized carbons (Fsp3) is 0.181. The van der Waals surface area contributed by atoms with Crippen LogP contribution in [0.3, 0.4) is 0 Å². The summed E-state index contributed by atoms with van der Waals surface area (Å²) < 4.78 is 62.3. The van der Waals surface area contributed by atoms with Crippen LogP contribution in [0.15, 0.2) is 315 Å². The number of amides is 1. The molecule has 586 valence electrons. The average Bonchev–Trinajstić information content (AvgIpc) is 0.813. The van der Waals surface area contributed by atoms with Gasteiger partial charge in [-0.2, -0.15) is 13.2 Å². The lowest BCUT2D eigenvalue weighted by atomic mass is 9.78. The Bertz CT molecular complexity index is 5180. The number of carbonyl (C=O) groups excluding carboxylic acids is 2. The van der Waals surface area contributed by atoms with E-state index in [1.54, 1.807) is 49.4 Å². The number of hydrogen-bond acceptors (Lipinski definition) is 6. The Labute approximate surface area is 679 Å². The van der Waals surface area contributed by atoms with Crippen LogP contribution >= 0.6 is 0 Å². The van der Waals surface area contributed by atoms with Crippen LogP contribution in [0, 0.1) is 104 Å². The molecule has 115 heavy (non-hydrogen) atoms. The van der Waals surface area contributed by atoms with Gasteiger partial charge >= 0.3 is 12.1 Å². The van der Waals surface area contributed by atoms with Gasteiger partial charge in [-0.3, -0.25) is 4.79 Å². The van der Waals surface area contributed by atoms with E-state index in [9.17, 15) is 22.8 Å². The van der Waals surface area contributed by atoms with Crippen LogP contribution in [-0.2, 0) is 11.6 Å². The van der Waals surface area contributed by atoms with Crippen LogP contribution in [0.4, 0.5) is 18.9 Å². The smallest absolute Gasteiger partial charge is 0.417 e. The maximum Gasteiger partial charge on any atom is 0.417 e. The summed E-state index contributed by atoms with van der Waals surface area (Å²) in [5.74, 6) is 5.30. The van der Waals surface area contributed by atoms with E-state index in [1.165, 1.54) is 78.4 Å². The highest BCUT2D eigenvalue weighted by atomic mass is 19.4. The first-order valence-electron chi connectivity index (χ1n) is 38.5. The second kappa shape index (κ2) is 40.6. The Morgan fingerprint density at radius 2 is 0.496 bits per heavy atom. The molecule has 0 saturated heterocycles. The number of benzene rings is 14. The minimum atomic E-state index is -4.33. The summed E-state index contributed by atoms with van der Waals surface area (Å²) in [6, 6.07) is 102. The maximum atomic E-state index is 13.1. The lowest BCUT2D eigenvalue weighted by Crippen LogP contribution is -2.18. The normalized spacial score (nSPS) is 10.7. The van der Waals surface area contributed by atoms with Gasteiger partial charge in [0.2, 0.25) is 0 Å². The molecular formula is C105H104F3NO6. The van der Waals surface area contributed by atoms with Crippen LogP contribution in [0.25, 0.3) is 22.3 Å². The molecule has 1 N–H and O–H groups in total. The molecule has 0 fully saturated rings. The SMILES string of the molecule is Cc1ccc(-c2ccc(C)cc2C(F)(F)F)c(C)c1.Cc1ccc(-c2ccc(C)cc2C)c(C)c1.Cc1ccc(NC(=O)c2ccc(C)cc2)cc1.Cc1ccc(OC(=O)c2ccc(C)cc2)cc1.Cc1ccc(Oc2ccc(C(C)(C)c3ccc(Oc4ccc(C)cc4)cc3)cc2)cc1.Cc1ccc(Oc2ccc(C)cc2)cc1. The fourth-order valence-electron chi connectivity index (χ4n) is 12.4. The summed E-state index contributed by atoms with van der Waals surface area (Å²) in [5.41, 5.74) is 24.8. The van der Waals surface area contributed by atoms with Gasteiger partial charge in [-0.25, -0.2) is 4.79 Å². The van der Waals surface area contributed by atoms with Crippen molar-refractivity contribution < 1.29 is 41.7 Å². The molecular weight excluding hydrogens is 1430 g/mol. The number of halogens is 3. The molecule has 0 heterocycles. The number of aryl methyl sites for hydroxylation is 15. The van der Waals surface area contributed by atoms with Crippen LogP contribution in [0.5, 0.6) is 40.2 Å². The number of ether oxygens (including phenoxy) is 4. The summed E-state index contributed by atoms with van der Waals surface area (Å²) in [5, 5.41) is 2.87. The third kappa shape index (κ3) is 26.7. The molecule has 1 amide bonds. The molecule has 0 radical (unpaired) electrons. The Morgan fingerprint density at radius 3 is 0.791 bits per heavy atom. The molecule has 0 unspecified atom stereocenters. The van der Waals surface area contributed by atoms with Crippen LogP contribution in [0.1, 0.15) is 135 Å². The van der Waals surface area contributed by atoms with Crippen LogP contribution in [0.2, 0.25) is 0 Å². The van der Waals surface area contributed by atoms with Crippen LogP contribution in [-0.4, -0.2) is 11.9 Å². The summed E-state index contributed by atoms with van der Waals surface area (Å²) >= 11 is 0. The van der Waals surface area contributed by atoms with Gasteiger partial charge in [0.05, 0.1) is 11.1 Å². The summed E-state index contributed by atoms with van der Waals surface area (Å²) in [6.07, 6.45) is -4.33. The standard InChI is InChI=1S/C29H28O2.C16H15F3.C16H18.C15H15NO.C15H14O2.C14H14O/c1-21-5-13-25(14-6-21)30-27-17-9-23(10-18-27)29(3,4)24-11-19-28(20-12-24)31-26-15-7-22(2)8-16-26;1-10-4-6-13(12(3)8-10)14-7-5-11(2)9-15(14)16(17,18)19;1-11-5-7-15(13(3)9-11)16-8-6-12(2)10-14(16)4;1-11-3-7-13(8-4-11)15(17)16-14-9-5-12(2)6-10-14;1-11-3-7-13(8-4-11)15(16)17-14-9-5-12(2)6-10-14;1-11-3-7-13(8-4-11)15-14-9-5-12(2)6-10-14/h5-20H,1-4H3;4-9H,1-3H3;5-10H,1-4H3;3-10H,1-2H3,(H,16,17);3-10H,1-2H3;3-10H,1-2H3. The first-order valence-corrected chi connectivity index (χ1v) is 38.5. The van der Waals surface area contributed by atoms with E-state index in [-0.39, 0.29) is 22.9 Å². The molecule has 0 atom stereocenters. The van der Waals surface area contributed by atoms with Crippen molar-refractivity contribution in [2.75, 3.05) is 5.32 Å². The Hall–Kier alpha value is -12.8. The van der Waals surface area contributed by atoms with E-state index < -0.39 is 11.7 Å². The van der Waals surface area contributed by atoms with Crippen molar-refractivity contribution >= 4 is 17.6 Å². The minimum absolute atomic E-state index is 0.0751. The van der Waals surface area contributed by atoms with Crippen molar-refractivity contribution in [1.82, 2.24) is 0 Å². The van der Waals surface area contributed by atoms with Gasteiger partial charge < -0.3 is 24.3 Å².